The van der Waals surface area contributed by atoms with Crippen LogP contribution in [-0.2, 0) is 0 Å². The summed E-state index contributed by atoms with van der Waals surface area (Å²) in [6.07, 6.45) is 7.43. The summed E-state index contributed by atoms with van der Waals surface area (Å²) in [5.74, 6) is 1.20. The Labute approximate surface area is 76.2 Å². The third-order valence-corrected chi connectivity index (χ3v) is 3.30. The molecule has 0 aromatic heterocycles. The summed E-state index contributed by atoms with van der Waals surface area (Å²) < 4.78 is 0. The van der Waals surface area contributed by atoms with E-state index in [2.05, 4.69) is 13.8 Å². The van der Waals surface area contributed by atoms with E-state index in [1.165, 1.54) is 32.1 Å². The topological polar surface area (TPSA) is 20.2 Å². The molecular formula is C11H22O. The molecule has 0 aliphatic heterocycles. The summed E-state index contributed by atoms with van der Waals surface area (Å²) >= 11 is 0. The molecule has 1 heteroatoms. The van der Waals surface area contributed by atoms with Gasteiger partial charge in [0, 0.05) is 0 Å². The van der Waals surface area contributed by atoms with E-state index in [0.29, 0.717) is 11.8 Å². The maximum Gasteiger partial charge on any atom is 0.0596 e. The molecule has 1 N–H and O–H groups in total. The molecule has 3 atom stereocenters. The first-order chi connectivity index (χ1) is 5.79. The van der Waals surface area contributed by atoms with Gasteiger partial charge in [0.25, 0.3) is 0 Å². The van der Waals surface area contributed by atoms with Gasteiger partial charge in [0.1, 0.15) is 0 Å². The predicted molar refractivity (Wildman–Crippen MR) is 52.0 cm³/mol. The van der Waals surface area contributed by atoms with Crippen molar-refractivity contribution < 1.29 is 5.11 Å². The molecule has 0 aromatic rings. The van der Waals surface area contributed by atoms with Crippen LogP contribution in [0, 0.1) is 11.8 Å². The summed E-state index contributed by atoms with van der Waals surface area (Å²) in [4.78, 5) is 0. The van der Waals surface area contributed by atoms with Crippen LogP contribution in [-0.4, -0.2) is 11.2 Å². The second-order valence-electron chi connectivity index (χ2n) is 4.14. The number of hydrogen-bond acceptors (Lipinski definition) is 1. The molecular weight excluding hydrogens is 148 g/mol. The van der Waals surface area contributed by atoms with Gasteiger partial charge in [0.05, 0.1) is 6.10 Å². The van der Waals surface area contributed by atoms with Gasteiger partial charge in [-0.05, 0) is 31.1 Å². The van der Waals surface area contributed by atoms with E-state index in [0.717, 1.165) is 6.42 Å². The largest absolute Gasteiger partial charge is 0.393 e. The molecule has 0 spiro atoms. The van der Waals surface area contributed by atoms with Gasteiger partial charge in [-0.25, -0.2) is 0 Å². The summed E-state index contributed by atoms with van der Waals surface area (Å²) in [7, 11) is 0. The molecule has 1 aliphatic rings. The Morgan fingerprint density at radius 2 is 1.83 bits per heavy atom. The molecule has 1 fully saturated rings. The SMILES string of the molecule is CCCC1CCCC(CC)C1O. The molecule has 0 radical (unpaired) electrons. The number of rotatable bonds is 3. The van der Waals surface area contributed by atoms with Crippen molar-refractivity contribution in [3.05, 3.63) is 0 Å². The molecule has 72 valence electrons. The van der Waals surface area contributed by atoms with Crippen molar-refractivity contribution in [2.24, 2.45) is 11.8 Å². The van der Waals surface area contributed by atoms with Crippen LogP contribution in [0.2, 0.25) is 0 Å². The Hall–Kier alpha value is -0.0400. The molecule has 0 bridgehead atoms. The van der Waals surface area contributed by atoms with Gasteiger partial charge in [-0.1, -0.05) is 33.1 Å². The van der Waals surface area contributed by atoms with E-state index in [1.807, 2.05) is 0 Å². The standard InChI is InChI=1S/C11H22O/c1-3-6-10-8-5-7-9(4-2)11(10)12/h9-12H,3-8H2,1-2H3. The van der Waals surface area contributed by atoms with Crippen LogP contribution in [0.4, 0.5) is 0 Å². The average Bonchev–Trinajstić information content (AvgIpc) is 2.09. The number of hydrogen-bond donors (Lipinski definition) is 1. The molecule has 1 saturated carbocycles. The Kier molecular flexibility index (Phi) is 4.07. The third-order valence-electron chi connectivity index (χ3n) is 3.30. The molecule has 0 heterocycles. The zero-order valence-corrected chi connectivity index (χ0v) is 8.42. The monoisotopic (exact) mass is 170 g/mol. The van der Waals surface area contributed by atoms with Crippen molar-refractivity contribution in [3.63, 3.8) is 0 Å². The molecule has 0 amide bonds. The smallest absolute Gasteiger partial charge is 0.0596 e. The summed E-state index contributed by atoms with van der Waals surface area (Å²) in [5.41, 5.74) is 0. The van der Waals surface area contributed by atoms with Crippen molar-refractivity contribution >= 4 is 0 Å². The van der Waals surface area contributed by atoms with Gasteiger partial charge in [0.2, 0.25) is 0 Å². The van der Waals surface area contributed by atoms with Crippen LogP contribution in [0.3, 0.4) is 0 Å². The fraction of sp³-hybridized carbons (Fsp3) is 1.00. The van der Waals surface area contributed by atoms with Crippen LogP contribution in [0.1, 0.15) is 52.4 Å². The molecule has 0 saturated heterocycles. The third kappa shape index (κ3) is 2.22. The highest BCUT2D eigenvalue weighted by Crippen LogP contribution is 2.33. The predicted octanol–water partition coefficient (Wildman–Crippen LogP) is 2.97. The van der Waals surface area contributed by atoms with E-state index >= 15 is 0 Å². The van der Waals surface area contributed by atoms with Crippen molar-refractivity contribution in [1.29, 1.82) is 0 Å². The second kappa shape index (κ2) is 4.86. The molecule has 1 rings (SSSR count). The Bertz CT molecular complexity index is 120. The first kappa shape index (κ1) is 10.0. The average molecular weight is 170 g/mol. The maximum atomic E-state index is 9.96. The fourth-order valence-electron chi connectivity index (χ4n) is 2.50. The normalized spacial score (nSPS) is 36.8. The van der Waals surface area contributed by atoms with E-state index in [-0.39, 0.29) is 6.10 Å². The zero-order chi connectivity index (χ0) is 8.97. The van der Waals surface area contributed by atoms with E-state index in [9.17, 15) is 5.11 Å². The lowest BCUT2D eigenvalue weighted by Gasteiger charge is -2.34. The van der Waals surface area contributed by atoms with Crippen molar-refractivity contribution in [3.8, 4) is 0 Å². The van der Waals surface area contributed by atoms with Crippen molar-refractivity contribution in [2.45, 2.75) is 58.5 Å². The van der Waals surface area contributed by atoms with Crippen molar-refractivity contribution in [1.82, 2.24) is 0 Å². The quantitative estimate of drug-likeness (QED) is 0.690. The zero-order valence-electron chi connectivity index (χ0n) is 8.42. The van der Waals surface area contributed by atoms with Crippen LogP contribution in [0.15, 0.2) is 0 Å². The number of aliphatic hydroxyl groups is 1. The minimum absolute atomic E-state index is 0.00343. The number of aliphatic hydroxyl groups excluding tert-OH is 1. The van der Waals surface area contributed by atoms with Crippen molar-refractivity contribution in [2.75, 3.05) is 0 Å². The summed E-state index contributed by atoms with van der Waals surface area (Å²) in [6, 6.07) is 0. The van der Waals surface area contributed by atoms with E-state index in [1.54, 1.807) is 0 Å². The highest BCUT2D eigenvalue weighted by molar-refractivity contribution is 4.80. The van der Waals surface area contributed by atoms with Gasteiger partial charge in [-0.15, -0.1) is 0 Å². The lowest BCUT2D eigenvalue weighted by Crippen LogP contribution is -2.32. The van der Waals surface area contributed by atoms with E-state index < -0.39 is 0 Å². The summed E-state index contributed by atoms with van der Waals surface area (Å²) in [6.45, 7) is 4.41. The lowest BCUT2D eigenvalue weighted by molar-refractivity contribution is 0.0121. The minimum atomic E-state index is 0.00343. The minimum Gasteiger partial charge on any atom is -0.393 e. The lowest BCUT2D eigenvalue weighted by atomic mass is 9.76. The van der Waals surface area contributed by atoms with Gasteiger partial charge in [0.15, 0.2) is 0 Å². The van der Waals surface area contributed by atoms with Crippen LogP contribution in [0.5, 0.6) is 0 Å². The fourth-order valence-corrected chi connectivity index (χ4v) is 2.50. The Morgan fingerprint density at radius 1 is 1.17 bits per heavy atom. The molecule has 12 heavy (non-hydrogen) atoms. The van der Waals surface area contributed by atoms with Gasteiger partial charge >= 0.3 is 0 Å². The second-order valence-corrected chi connectivity index (χ2v) is 4.14. The maximum absolute atomic E-state index is 9.96. The molecule has 0 aromatic carbocycles. The Balaban J connectivity index is 2.41. The van der Waals surface area contributed by atoms with Crippen LogP contribution in [0.25, 0.3) is 0 Å². The molecule has 1 nitrogen and oxygen atoms in total. The molecule has 3 unspecified atom stereocenters. The highest BCUT2D eigenvalue weighted by Gasteiger charge is 2.29. The van der Waals surface area contributed by atoms with Crippen LogP contribution < -0.4 is 0 Å². The van der Waals surface area contributed by atoms with Crippen LogP contribution >= 0.6 is 0 Å². The van der Waals surface area contributed by atoms with Gasteiger partial charge < -0.3 is 5.11 Å². The first-order valence-electron chi connectivity index (χ1n) is 5.47. The summed E-state index contributed by atoms with van der Waals surface area (Å²) in [5, 5.41) is 9.96. The Morgan fingerprint density at radius 3 is 2.42 bits per heavy atom. The first-order valence-corrected chi connectivity index (χ1v) is 5.47. The van der Waals surface area contributed by atoms with Gasteiger partial charge in [-0.2, -0.15) is 0 Å². The van der Waals surface area contributed by atoms with E-state index in [4.69, 9.17) is 0 Å². The van der Waals surface area contributed by atoms with Gasteiger partial charge in [-0.3, -0.25) is 0 Å². The molecule has 1 aliphatic carbocycles. The highest BCUT2D eigenvalue weighted by atomic mass is 16.3.